The molecule has 1 amide bonds. The van der Waals surface area contributed by atoms with E-state index in [1.807, 2.05) is 19.9 Å². The van der Waals surface area contributed by atoms with Gasteiger partial charge < -0.3 is 14.7 Å². The van der Waals surface area contributed by atoms with Gasteiger partial charge in [0.05, 0.1) is 12.8 Å². The lowest BCUT2D eigenvalue weighted by molar-refractivity contribution is -0.149. The molecule has 1 fully saturated rings. The first-order chi connectivity index (χ1) is 17.6. The van der Waals surface area contributed by atoms with E-state index in [1.165, 1.54) is 13.2 Å². The van der Waals surface area contributed by atoms with Gasteiger partial charge in [0.25, 0.3) is 0 Å². The Balaban J connectivity index is 1.42. The Kier molecular flexibility index (Phi) is 6.54. The number of rotatable bonds is 7. The van der Waals surface area contributed by atoms with E-state index in [0.717, 1.165) is 29.7 Å². The van der Waals surface area contributed by atoms with Gasteiger partial charge in [0.1, 0.15) is 11.9 Å². The van der Waals surface area contributed by atoms with Gasteiger partial charge in [-0.3, -0.25) is 14.4 Å². The second kappa shape index (κ2) is 9.54. The van der Waals surface area contributed by atoms with Gasteiger partial charge in [-0.15, -0.1) is 0 Å². The maximum atomic E-state index is 15.1. The lowest BCUT2D eigenvalue weighted by Gasteiger charge is -2.42. The zero-order chi connectivity index (χ0) is 26.5. The second-order valence-electron chi connectivity index (χ2n) is 11.3. The van der Waals surface area contributed by atoms with Crippen molar-refractivity contribution in [3.05, 3.63) is 58.0 Å². The van der Waals surface area contributed by atoms with Crippen LogP contribution in [0.2, 0.25) is 0 Å². The van der Waals surface area contributed by atoms with Gasteiger partial charge in [0, 0.05) is 43.4 Å². The largest absolute Gasteiger partial charge is 0.481 e. The van der Waals surface area contributed by atoms with Crippen molar-refractivity contribution >= 4 is 17.7 Å². The molecule has 1 saturated carbocycles. The summed E-state index contributed by atoms with van der Waals surface area (Å²) in [7, 11) is 1.53. The van der Waals surface area contributed by atoms with Crippen molar-refractivity contribution in [2.24, 2.45) is 11.8 Å². The number of carboxylic acids is 1. The maximum Gasteiger partial charge on any atom is 0.303 e. The van der Waals surface area contributed by atoms with Crippen LogP contribution in [0.4, 0.5) is 4.39 Å². The Bertz CT molecular complexity index is 1270. The molecule has 3 aliphatic rings. The number of carbonyl (C=O) groups excluding carboxylic acids is 2. The summed E-state index contributed by atoms with van der Waals surface area (Å²) in [5.74, 6) is -1.29. The summed E-state index contributed by atoms with van der Waals surface area (Å²) < 4.78 is 20.4. The number of pyridine rings is 1. The van der Waals surface area contributed by atoms with E-state index >= 15 is 4.39 Å². The number of carbonyl (C=O) groups is 3. The summed E-state index contributed by atoms with van der Waals surface area (Å²) in [5.41, 5.74) is 3.48. The van der Waals surface area contributed by atoms with Crippen molar-refractivity contribution in [2.75, 3.05) is 13.7 Å². The number of ether oxygens (including phenoxy) is 1. The van der Waals surface area contributed by atoms with E-state index in [0.29, 0.717) is 42.8 Å². The van der Waals surface area contributed by atoms with Crippen LogP contribution >= 0.6 is 0 Å². The molecule has 1 atom stereocenters. The predicted octanol–water partition coefficient (Wildman–Crippen LogP) is 4.19. The minimum absolute atomic E-state index is 0.0108. The Morgan fingerprint density at radius 1 is 1.19 bits per heavy atom. The molecule has 0 radical (unpaired) electrons. The minimum atomic E-state index is -0.860. The number of ketones is 1. The first-order valence-corrected chi connectivity index (χ1v) is 13.0. The van der Waals surface area contributed by atoms with E-state index in [4.69, 9.17) is 9.84 Å². The third-order valence-corrected chi connectivity index (χ3v) is 8.33. The van der Waals surface area contributed by atoms with Crippen molar-refractivity contribution < 1.29 is 28.6 Å². The highest BCUT2D eigenvalue weighted by Gasteiger charge is 2.43. The molecule has 0 saturated heterocycles. The summed E-state index contributed by atoms with van der Waals surface area (Å²) in [5, 5.41) is 9.05. The van der Waals surface area contributed by atoms with Gasteiger partial charge >= 0.3 is 5.97 Å². The number of fused-ring (bicyclic) bond motifs is 2. The number of Topliss-reactive ketones (excluding diaryl/α,β-unsaturated/α-hetero) is 1. The average molecular weight is 509 g/mol. The van der Waals surface area contributed by atoms with Crippen LogP contribution in [-0.2, 0) is 39.1 Å². The number of benzene rings is 1. The molecular formula is C29H33FN2O5. The van der Waals surface area contributed by atoms with Gasteiger partial charge in [-0.1, -0.05) is 19.9 Å². The predicted molar refractivity (Wildman–Crippen MR) is 134 cm³/mol. The second-order valence-corrected chi connectivity index (χ2v) is 11.3. The molecule has 1 aliphatic heterocycles. The van der Waals surface area contributed by atoms with E-state index in [2.05, 4.69) is 4.98 Å². The van der Waals surface area contributed by atoms with Gasteiger partial charge in [-0.05, 0) is 65.8 Å². The monoisotopic (exact) mass is 508 g/mol. The molecule has 1 N–H and O–H groups in total. The van der Waals surface area contributed by atoms with E-state index < -0.39 is 12.0 Å². The van der Waals surface area contributed by atoms with Crippen LogP contribution in [0.3, 0.4) is 0 Å². The molecule has 7 nitrogen and oxygen atoms in total. The molecule has 37 heavy (non-hydrogen) atoms. The molecule has 1 aromatic heterocycles. The van der Waals surface area contributed by atoms with Gasteiger partial charge in [-0.25, -0.2) is 9.37 Å². The number of aromatic nitrogens is 1. The van der Waals surface area contributed by atoms with Crippen LogP contribution in [0.15, 0.2) is 24.3 Å². The SMILES string of the molecule is COc1ccc2c(n1)CCN(C(=O)C1CC(CC(=O)O)C1)C2C(=O)Cc1cc(F)c2c(c1)CCC2(C)C. The summed E-state index contributed by atoms with van der Waals surface area (Å²) >= 11 is 0. The third-order valence-electron chi connectivity index (χ3n) is 8.33. The van der Waals surface area contributed by atoms with E-state index in [1.54, 1.807) is 17.0 Å². The summed E-state index contributed by atoms with van der Waals surface area (Å²) in [6.45, 7) is 4.42. The molecule has 5 rings (SSSR count). The Morgan fingerprint density at radius 2 is 1.95 bits per heavy atom. The standard InChI is InChI=1S/C29H33FN2O5/c1-29(2)8-6-18-10-17(13-21(30)26(18)29)14-23(33)27-20-4-5-24(37-3)31-22(20)7-9-32(27)28(36)19-11-16(12-19)15-25(34)35/h4-5,10,13,16,19,27H,6-9,11-12,14-15H2,1-3H3,(H,34,35). The lowest BCUT2D eigenvalue weighted by Crippen LogP contribution is -2.49. The molecule has 2 aliphatic carbocycles. The minimum Gasteiger partial charge on any atom is -0.481 e. The lowest BCUT2D eigenvalue weighted by atomic mass is 9.72. The fourth-order valence-corrected chi connectivity index (χ4v) is 6.40. The van der Waals surface area contributed by atoms with Crippen molar-refractivity contribution in [1.29, 1.82) is 0 Å². The number of methoxy groups -OCH3 is 1. The molecule has 1 unspecified atom stereocenters. The van der Waals surface area contributed by atoms with Crippen molar-refractivity contribution in [1.82, 2.24) is 9.88 Å². The number of carboxylic acid groups (broad SMARTS) is 1. The van der Waals surface area contributed by atoms with E-state index in [9.17, 15) is 14.4 Å². The third kappa shape index (κ3) is 4.74. The van der Waals surface area contributed by atoms with Crippen LogP contribution in [0.5, 0.6) is 5.88 Å². The smallest absolute Gasteiger partial charge is 0.303 e. The molecule has 2 aromatic rings. The highest BCUT2D eigenvalue weighted by Crippen LogP contribution is 2.42. The maximum absolute atomic E-state index is 15.1. The molecule has 8 heteroatoms. The first-order valence-electron chi connectivity index (χ1n) is 13.0. The van der Waals surface area contributed by atoms with Crippen molar-refractivity contribution in [2.45, 2.75) is 70.3 Å². The zero-order valence-corrected chi connectivity index (χ0v) is 21.6. The van der Waals surface area contributed by atoms with Crippen molar-refractivity contribution in [3.8, 4) is 5.88 Å². The van der Waals surface area contributed by atoms with Crippen LogP contribution < -0.4 is 4.74 Å². The molecule has 1 aromatic carbocycles. The Hall–Kier alpha value is -3.29. The molecule has 2 heterocycles. The fourth-order valence-electron chi connectivity index (χ4n) is 6.40. The van der Waals surface area contributed by atoms with Crippen molar-refractivity contribution in [3.63, 3.8) is 0 Å². The Labute approximate surface area is 216 Å². The summed E-state index contributed by atoms with van der Waals surface area (Å²) in [6, 6.07) is 6.07. The number of amides is 1. The highest BCUT2D eigenvalue weighted by molar-refractivity contribution is 5.93. The number of hydrogen-bond donors (Lipinski definition) is 1. The molecule has 0 bridgehead atoms. The van der Waals surface area contributed by atoms with E-state index in [-0.39, 0.29) is 47.6 Å². The number of hydrogen-bond acceptors (Lipinski definition) is 5. The molecule has 0 spiro atoms. The number of aliphatic carboxylic acids is 1. The van der Waals surface area contributed by atoms with Crippen LogP contribution in [0.1, 0.15) is 73.5 Å². The molecule has 196 valence electrons. The highest BCUT2D eigenvalue weighted by atomic mass is 19.1. The van der Waals surface area contributed by atoms with Crippen LogP contribution in [0, 0.1) is 17.7 Å². The summed E-state index contributed by atoms with van der Waals surface area (Å²) in [6.07, 6.45) is 3.24. The van der Waals surface area contributed by atoms with Gasteiger partial charge in [0.15, 0.2) is 5.78 Å². The average Bonchev–Trinajstić information content (AvgIpc) is 3.13. The Morgan fingerprint density at radius 3 is 2.65 bits per heavy atom. The number of nitrogens with zero attached hydrogens (tertiary/aromatic N) is 2. The topological polar surface area (TPSA) is 96.8 Å². The van der Waals surface area contributed by atoms with Gasteiger partial charge in [0.2, 0.25) is 11.8 Å². The number of aryl methyl sites for hydroxylation is 1. The molecular weight excluding hydrogens is 475 g/mol. The van der Waals surface area contributed by atoms with Gasteiger partial charge in [-0.2, -0.15) is 0 Å². The fraction of sp³-hybridized carbons (Fsp3) is 0.517. The number of halogens is 1. The quantitative estimate of drug-likeness (QED) is 0.603. The van der Waals surface area contributed by atoms with Crippen LogP contribution in [0.25, 0.3) is 0 Å². The van der Waals surface area contributed by atoms with Crippen LogP contribution in [-0.4, -0.2) is 46.3 Å². The summed E-state index contributed by atoms with van der Waals surface area (Å²) in [4.78, 5) is 44.5. The normalized spacial score (nSPS) is 23.6. The first kappa shape index (κ1) is 25.4. The zero-order valence-electron chi connectivity index (χ0n) is 21.6.